The van der Waals surface area contributed by atoms with Crippen LogP contribution in [0.1, 0.15) is 52.1 Å². The van der Waals surface area contributed by atoms with Gasteiger partial charge in [-0.05, 0) is 235 Å². The molecule has 3 heterocycles. The van der Waals surface area contributed by atoms with Crippen molar-refractivity contribution < 1.29 is 65.3 Å². The third kappa shape index (κ3) is 11.2. The Bertz CT molecular complexity index is 10500. The normalized spacial score (nSPS) is 16.3. The van der Waals surface area contributed by atoms with Gasteiger partial charge in [0.2, 0.25) is 0 Å². The molecule has 0 fully saturated rings. The first-order valence-corrected chi connectivity index (χ1v) is 37.1. The van der Waals surface area contributed by atoms with Gasteiger partial charge in [-0.3, -0.25) is 0 Å². The van der Waals surface area contributed by atoms with Crippen molar-refractivity contribution in [1.82, 2.24) is 0 Å². The smallest absolute Gasteiger partial charge is 0.136 e. The molecule has 0 radical (unpaired) electrons. The minimum Gasteiger partial charge on any atom is -0.456 e. The maximum absolute atomic E-state index is 9.38. The Morgan fingerprint density at radius 2 is 0.504 bits per heavy atom. The van der Waals surface area contributed by atoms with E-state index in [1.165, 1.54) is 0 Å². The number of hydrogen-bond donors (Lipinski definition) is 0. The highest BCUT2D eigenvalue weighted by Crippen LogP contribution is 2.52. The summed E-state index contributed by atoms with van der Waals surface area (Å²) in [6.07, 6.45) is 0. The highest BCUT2D eigenvalue weighted by Gasteiger charge is 2.26. The zero-order chi connectivity index (χ0) is 110. The molecule has 117 heavy (non-hydrogen) atoms. The van der Waals surface area contributed by atoms with Gasteiger partial charge in [-0.2, -0.15) is 0 Å². The maximum atomic E-state index is 9.38. The lowest BCUT2D eigenvalue weighted by Crippen LogP contribution is -1.91. The van der Waals surface area contributed by atoms with Gasteiger partial charge in [-0.1, -0.05) is 363 Å². The quantitative estimate of drug-likeness (QED) is 0.149. The fourth-order valence-electron chi connectivity index (χ4n) is 16.5. The molecule has 0 atom stereocenters. The summed E-state index contributed by atoms with van der Waals surface area (Å²) in [5, 5.41) is 4.08. The predicted octanol–water partition coefficient (Wildman–Crippen LogP) is 32.8. The van der Waals surface area contributed by atoms with Crippen molar-refractivity contribution in [3.05, 3.63) is 424 Å². The van der Waals surface area contributed by atoms with E-state index in [0.717, 1.165) is 43.4 Å². The fourth-order valence-corrected chi connectivity index (χ4v) is 16.5. The lowest BCUT2D eigenvalue weighted by Gasteiger charge is -2.18. The van der Waals surface area contributed by atoms with Gasteiger partial charge in [0, 0.05) is 32.3 Å². The second-order valence-electron chi connectivity index (χ2n) is 27.8. The summed E-state index contributed by atoms with van der Waals surface area (Å²) in [7, 11) is 0. The Morgan fingerprint density at radius 1 is 0.162 bits per heavy atom. The van der Waals surface area contributed by atoms with Crippen LogP contribution >= 0.6 is 0 Å². The van der Waals surface area contributed by atoms with Crippen molar-refractivity contribution >= 4 is 163 Å². The lowest BCUT2D eigenvalue weighted by molar-refractivity contribution is 0.669. The standard InChI is InChI=1S/C42H26O.2C36H22O/c1-2-12-27(13-3-1)28-16-10-17-31(24-28)40-32-18-6-8-20-34(32)41(35-21-9-7-19-33(35)40)36-22-11-23-38-42(36)37-25-29-14-4-5-15-30(29)26-39(37)43-38;2*1-2-11-23(12-3-1)34-26-15-6-8-17-28(26)35(29-18-9-7-16-27(29)34)30-19-10-20-32-36(30)31-21-24-13-4-5-14-25(24)22-33(31)37-32/h1-26H;2*1-22H/i6D,7D,8D,9D,18D,19D,20D,21D;1D,2D,3D,4D,5D,6D,7D,8D,9D,10D,11D,12D,13D,14D,15D,16D,17D,18D,19D,20D,21D,22D;6D,7D,8D,9D,15D,16D,17D,18D. The highest BCUT2D eigenvalue weighted by molar-refractivity contribution is 6.30. The fraction of sp³-hybridized carbons (Fsp3) is 0. The van der Waals surface area contributed by atoms with Gasteiger partial charge in [0.05, 0.1) is 52.1 Å². The van der Waals surface area contributed by atoms with Crippen LogP contribution in [0.25, 0.3) is 241 Å². The molecule has 544 valence electrons. The molecule has 0 amide bonds. The summed E-state index contributed by atoms with van der Waals surface area (Å²) in [4.78, 5) is 0. The first kappa shape index (κ1) is 39.4. The monoisotopic (exact) mass is 1520 g/mol. The van der Waals surface area contributed by atoms with E-state index in [1.54, 1.807) is 36.4 Å². The van der Waals surface area contributed by atoms with E-state index in [0.29, 0.717) is 77.6 Å². The van der Waals surface area contributed by atoms with Crippen LogP contribution in [-0.2, 0) is 0 Å². The van der Waals surface area contributed by atoms with E-state index in [-0.39, 0.29) is 91.4 Å². The average molecular weight is 1530 g/mol. The summed E-state index contributed by atoms with van der Waals surface area (Å²) in [5.41, 5.74) is 4.02. The van der Waals surface area contributed by atoms with Gasteiger partial charge in [-0.25, -0.2) is 0 Å². The molecule has 0 saturated heterocycles. The topological polar surface area (TPSA) is 39.4 Å². The van der Waals surface area contributed by atoms with Crippen LogP contribution in [0.2, 0.25) is 0 Å². The molecule has 25 aromatic rings. The Labute approximate surface area is 727 Å². The Morgan fingerprint density at radius 3 is 0.974 bits per heavy atom. The number of furan rings is 3. The average Bonchev–Trinajstić information content (AvgIpc) is 1.60. The molecule has 0 unspecified atom stereocenters. The molecule has 0 aliphatic rings. The van der Waals surface area contributed by atoms with Crippen LogP contribution in [0.3, 0.4) is 0 Å². The second kappa shape index (κ2) is 27.8. The van der Waals surface area contributed by atoms with Crippen LogP contribution in [-0.4, -0.2) is 0 Å². The van der Waals surface area contributed by atoms with E-state index in [1.807, 2.05) is 158 Å². The van der Waals surface area contributed by atoms with Crippen LogP contribution in [0.4, 0.5) is 0 Å². The number of hydrogen-bond acceptors (Lipinski definition) is 3. The largest absolute Gasteiger partial charge is 0.456 e. The lowest BCUT2D eigenvalue weighted by atomic mass is 9.84. The van der Waals surface area contributed by atoms with Crippen molar-refractivity contribution in [2.75, 3.05) is 0 Å². The van der Waals surface area contributed by atoms with Gasteiger partial charge < -0.3 is 13.3 Å². The molecule has 22 aromatic carbocycles. The van der Waals surface area contributed by atoms with Crippen LogP contribution in [0.5, 0.6) is 0 Å². The van der Waals surface area contributed by atoms with Gasteiger partial charge in [-0.15, -0.1) is 0 Å². The molecular weight excluding hydrogens is 1420 g/mol. The van der Waals surface area contributed by atoms with Crippen LogP contribution in [0.15, 0.2) is 437 Å². The minimum absolute atomic E-state index is 0.168. The van der Waals surface area contributed by atoms with Crippen molar-refractivity contribution in [2.45, 2.75) is 0 Å². The summed E-state index contributed by atoms with van der Waals surface area (Å²) < 4.78 is 356. The van der Waals surface area contributed by atoms with Crippen LogP contribution < -0.4 is 0 Å². The first-order chi connectivity index (χ1) is 73.9. The van der Waals surface area contributed by atoms with Gasteiger partial charge in [0.15, 0.2) is 0 Å². The van der Waals surface area contributed by atoms with Crippen molar-refractivity contribution in [2.24, 2.45) is 0 Å². The van der Waals surface area contributed by atoms with Crippen molar-refractivity contribution in [3.8, 4) is 77.9 Å². The van der Waals surface area contributed by atoms with Crippen molar-refractivity contribution in [3.63, 3.8) is 0 Å². The van der Waals surface area contributed by atoms with E-state index < -0.39 is 258 Å². The molecule has 25 rings (SSSR count). The highest BCUT2D eigenvalue weighted by atomic mass is 16.3. The predicted molar refractivity (Wildman–Crippen MR) is 497 cm³/mol. The molecule has 0 aliphatic heterocycles. The van der Waals surface area contributed by atoms with Gasteiger partial charge in [0.1, 0.15) is 33.5 Å². The molecule has 0 saturated carbocycles. The third-order valence-corrected chi connectivity index (χ3v) is 21.4. The Balaban J connectivity index is 0.000000127. The van der Waals surface area contributed by atoms with E-state index in [9.17, 15) is 16.4 Å². The summed E-state index contributed by atoms with van der Waals surface area (Å²) in [5.74, 6) is 0. The zero-order valence-corrected chi connectivity index (χ0v) is 60.7. The molecule has 0 spiro atoms. The SMILES string of the molecule is [2H]c1c([2H])c([2H])c(-c2c3c([2H])c([2H])c([2H])c([2H])c3c(-c3c([2H])c([2H])c([2H])c4oc5c([2H])c6c([2H])c([2H])c([2H])c([2H])c6c([2H])c5c34)c3c([2H])c([2H])c([2H])c([2H])c23)c([2H])c1[2H].[2H]c1c([2H])c([2H])c2c(-c3cccc4oc5cc6ccccc6cc5c34)c3c([2H])c([2H])c([2H])c([2H])c3c(-c3cccc(-c4ccccc4)c3)c2c1[2H].[2H]c1c([2H])c([2H])c2c(-c3cccc4oc5cc6ccccc6cc5c34)c3c([2H])c([2H])c([2H])c([2H])c3c(-c3ccccc3)c2c1[2H]. The number of rotatable bonds is 7. The molecule has 3 aromatic heterocycles. The molecular formula is C114H70O3. The minimum atomic E-state index is -0.907. The number of fused-ring (bicyclic) bond motifs is 18. The maximum Gasteiger partial charge on any atom is 0.136 e. The first-order valence-electron chi connectivity index (χ1n) is 56.1. The van der Waals surface area contributed by atoms with E-state index in [4.69, 9.17) is 48.9 Å². The van der Waals surface area contributed by atoms with Crippen molar-refractivity contribution in [1.29, 1.82) is 0 Å². The zero-order valence-electron chi connectivity index (χ0n) is 98.7. The summed E-state index contributed by atoms with van der Waals surface area (Å²) >= 11 is 0. The number of benzene rings is 22. The Hall–Kier alpha value is -15.4. The van der Waals surface area contributed by atoms with E-state index in [2.05, 4.69) is 0 Å². The summed E-state index contributed by atoms with van der Waals surface area (Å²) in [6.45, 7) is 0. The third-order valence-electron chi connectivity index (χ3n) is 21.4. The van der Waals surface area contributed by atoms with Crippen LogP contribution in [0, 0.1) is 0 Å². The molecule has 0 aliphatic carbocycles. The van der Waals surface area contributed by atoms with E-state index >= 15 is 0 Å². The van der Waals surface area contributed by atoms with Gasteiger partial charge in [0.25, 0.3) is 0 Å². The second-order valence-corrected chi connectivity index (χ2v) is 27.8. The molecule has 0 bridgehead atoms. The summed E-state index contributed by atoms with van der Waals surface area (Å²) in [6, 6.07) is 36.8. The molecule has 3 heteroatoms. The van der Waals surface area contributed by atoms with Gasteiger partial charge >= 0.3 is 0 Å². The molecule has 3 nitrogen and oxygen atoms in total. The Kier molecular flexibility index (Phi) is 9.34. The molecule has 0 N–H and O–H groups in total.